The van der Waals surface area contributed by atoms with Crippen LogP contribution in [0.3, 0.4) is 0 Å². The second kappa shape index (κ2) is 8.93. The first kappa shape index (κ1) is 24.6. The number of hydrogen-bond donors (Lipinski definition) is 0. The lowest BCUT2D eigenvalue weighted by atomic mass is 9.93. The predicted octanol–water partition coefficient (Wildman–Crippen LogP) is 7.46. The van der Waals surface area contributed by atoms with Crippen LogP contribution in [0.25, 0.3) is 27.6 Å². The third kappa shape index (κ3) is 3.37. The van der Waals surface area contributed by atoms with Gasteiger partial charge < -0.3 is 0 Å². The molecule has 0 unspecified atom stereocenters. The highest BCUT2D eigenvalue weighted by molar-refractivity contribution is 7.02. The van der Waals surface area contributed by atoms with Gasteiger partial charge in [-0.3, -0.25) is 14.5 Å². The Kier molecular flexibility index (Phi) is 5.24. The summed E-state index contributed by atoms with van der Waals surface area (Å²) in [4.78, 5) is 34.7. The molecular weight excluding hydrogens is 533 g/mol. The van der Waals surface area contributed by atoms with Crippen LogP contribution >= 0.6 is 0 Å². The minimum atomic E-state index is -1.92. The first-order chi connectivity index (χ1) is 20.4. The van der Waals surface area contributed by atoms with Crippen molar-refractivity contribution in [2.45, 2.75) is 13.1 Å². The van der Waals surface area contributed by atoms with E-state index < -0.39 is 8.07 Å². The van der Waals surface area contributed by atoms with E-state index >= 15 is 0 Å². The van der Waals surface area contributed by atoms with Gasteiger partial charge in [-0.2, -0.15) is 0 Å². The summed E-state index contributed by atoms with van der Waals surface area (Å²) in [5, 5.41) is 6.29. The summed E-state index contributed by atoms with van der Waals surface area (Å²) in [7, 11) is -1.92. The Hall–Kier alpha value is -5.13. The minimum absolute atomic E-state index is 0.210. The average Bonchev–Trinajstić information content (AvgIpc) is 3.27. The van der Waals surface area contributed by atoms with Crippen molar-refractivity contribution < 1.29 is 9.59 Å². The molecule has 1 aromatic heterocycles. The van der Waals surface area contributed by atoms with Gasteiger partial charge in [-0.25, -0.2) is 4.98 Å². The van der Waals surface area contributed by atoms with Gasteiger partial charge in [0.25, 0.3) is 0 Å². The summed E-state index contributed by atoms with van der Waals surface area (Å²) in [6.07, 6.45) is 3.59. The molecule has 0 radical (unpaired) electrons. The molecule has 0 bridgehead atoms. The monoisotopic (exact) mass is 558 g/mol. The van der Waals surface area contributed by atoms with E-state index in [1.807, 2.05) is 85.1 Å². The molecule has 2 aliphatic rings. The van der Waals surface area contributed by atoms with Crippen molar-refractivity contribution >= 4 is 74.8 Å². The molecule has 2 heterocycles. The van der Waals surface area contributed by atoms with E-state index in [0.717, 1.165) is 44.3 Å². The molecule has 4 nitrogen and oxygen atoms in total. The summed E-state index contributed by atoms with van der Waals surface area (Å²) in [5.41, 5.74) is 4.17. The zero-order chi connectivity index (χ0) is 28.6. The van der Waals surface area contributed by atoms with Crippen molar-refractivity contribution in [2.75, 3.05) is 4.90 Å². The molecule has 0 amide bonds. The standard InChI is InChI=1S/C37H26N2O2Si/c1-42(2)31-15-8-7-14-30(31)39(37-32(42)16-9-21-38-37)24-19-17-23(18-20-24)22-29-35(40)33-27-12-5-3-10-25(27)26-11-4-6-13-28(26)34(33)36(29)41/h3-22H,1-2H3. The molecule has 200 valence electrons. The van der Waals surface area contributed by atoms with Gasteiger partial charge in [0.05, 0.1) is 5.57 Å². The Morgan fingerprint density at radius 3 is 1.81 bits per heavy atom. The molecule has 1 aliphatic heterocycles. The van der Waals surface area contributed by atoms with Crippen molar-refractivity contribution in [2.24, 2.45) is 0 Å². The van der Waals surface area contributed by atoms with Crippen molar-refractivity contribution in [1.29, 1.82) is 0 Å². The van der Waals surface area contributed by atoms with Gasteiger partial charge in [-0.15, -0.1) is 0 Å². The predicted molar refractivity (Wildman–Crippen MR) is 174 cm³/mol. The number of carbonyl (C=O) groups is 2. The van der Waals surface area contributed by atoms with Crippen LogP contribution in [0.2, 0.25) is 13.1 Å². The zero-order valence-electron chi connectivity index (χ0n) is 23.3. The molecule has 5 heteroatoms. The van der Waals surface area contributed by atoms with Gasteiger partial charge >= 0.3 is 0 Å². The maximum atomic E-state index is 13.8. The molecule has 1 aliphatic carbocycles. The van der Waals surface area contributed by atoms with Gasteiger partial charge in [0.2, 0.25) is 0 Å². The number of fused-ring (bicyclic) bond motifs is 8. The molecule has 0 saturated carbocycles. The van der Waals surface area contributed by atoms with Crippen LogP contribution in [-0.4, -0.2) is 24.6 Å². The molecule has 0 spiro atoms. The molecule has 42 heavy (non-hydrogen) atoms. The van der Waals surface area contributed by atoms with Gasteiger partial charge in [-0.05, 0) is 67.8 Å². The molecule has 5 aromatic carbocycles. The fraction of sp³-hybridized carbons (Fsp3) is 0.0541. The highest BCUT2D eigenvalue weighted by Crippen LogP contribution is 2.41. The Labute approximate surface area is 244 Å². The fourth-order valence-electron chi connectivity index (χ4n) is 6.78. The molecule has 0 N–H and O–H groups in total. The lowest BCUT2D eigenvalue weighted by Crippen LogP contribution is -2.58. The number of aromatic nitrogens is 1. The number of nitrogens with zero attached hydrogens (tertiary/aromatic N) is 2. The average molecular weight is 559 g/mol. The topological polar surface area (TPSA) is 50.3 Å². The number of ketones is 2. The van der Waals surface area contributed by atoms with Crippen LogP contribution in [0, 0.1) is 0 Å². The molecule has 0 atom stereocenters. The van der Waals surface area contributed by atoms with Crippen LogP contribution < -0.4 is 15.3 Å². The Bertz CT molecular complexity index is 2040. The highest BCUT2D eigenvalue weighted by atomic mass is 28.3. The Morgan fingerprint density at radius 2 is 1.17 bits per heavy atom. The quantitative estimate of drug-likeness (QED) is 0.0958. The number of rotatable bonds is 2. The number of benzene rings is 5. The van der Waals surface area contributed by atoms with E-state index in [1.165, 1.54) is 10.4 Å². The van der Waals surface area contributed by atoms with Gasteiger partial charge in [0.15, 0.2) is 11.6 Å². The highest BCUT2D eigenvalue weighted by Gasteiger charge is 2.39. The number of carbonyl (C=O) groups excluding carboxylic acids is 2. The second-order valence-corrected chi connectivity index (χ2v) is 15.8. The van der Waals surface area contributed by atoms with Crippen LogP contribution in [-0.2, 0) is 0 Å². The van der Waals surface area contributed by atoms with Gasteiger partial charge in [-0.1, -0.05) is 98.0 Å². The van der Waals surface area contributed by atoms with Crippen molar-refractivity contribution in [3.05, 3.63) is 138 Å². The third-order valence-corrected chi connectivity index (χ3v) is 12.3. The summed E-state index contributed by atoms with van der Waals surface area (Å²) in [5.74, 6) is 0.543. The van der Waals surface area contributed by atoms with E-state index in [4.69, 9.17) is 4.98 Å². The zero-order valence-corrected chi connectivity index (χ0v) is 24.3. The van der Waals surface area contributed by atoms with E-state index in [0.29, 0.717) is 11.1 Å². The lowest BCUT2D eigenvalue weighted by Gasteiger charge is -2.39. The number of anilines is 3. The van der Waals surface area contributed by atoms with Gasteiger partial charge in [0.1, 0.15) is 13.9 Å². The number of pyridine rings is 1. The first-order valence-electron chi connectivity index (χ1n) is 14.1. The summed E-state index contributed by atoms with van der Waals surface area (Å²) in [6, 6.07) is 36.6. The Morgan fingerprint density at radius 1 is 0.619 bits per heavy atom. The van der Waals surface area contributed by atoms with E-state index in [2.05, 4.69) is 48.3 Å². The first-order valence-corrected chi connectivity index (χ1v) is 17.1. The summed E-state index contributed by atoms with van der Waals surface area (Å²) in [6.45, 7) is 4.75. The van der Waals surface area contributed by atoms with Crippen molar-refractivity contribution in [1.82, 2.24) is 4.98 Å². The summed E-state index contributed by atoms with van der Waals surface area (Å²) >= 11 is 0. The molecule has 8 rings (SSSR count). The van der Waals surface area contributed by atoms with Crippen LogP contribution in [0.4, 0.5) is 17.2 Å². The largest absolute Gasteiger partial charge is 0.295 e. The van der Waals surface area contributed by atoms with Crippen molar-refractivity contribution in [3.8, 4) is 0 Å². The lowest BCUT2D eigenvalue weighted by molar-refractivity contribution is 0.0991. The van der Waals surface area contributed by atoms with Crippen molar-refractivity contribution in [3.63, 3.8) is 0 Å². The van der Waals surface area contributed by atoms with E-state index in [-0.39, 0.29) is 17.1 Å². The number of Topliss-reactive ketones (excluding diaryl/α,β-unsaturated/α-hetero) is 2. The fourth-order valence-corrected chi connectivity index (χ4v) is 9.67. The second-order valence-electron chi connectivity index (χ2n) is 11.5. The van der Waals surface area contributed by atoms with E-state index in [1.54, 1.807) is 6.08 Å². The maximum absolute atomic E-state index is 13.8. The number of para-hydroxylation sites is 1. The van der Waals surface area contributed by atoms with Gasteiger partial charge in [0, 0.05) is 28.7 Å². The maximum Gasteiger partial charge on any atom is 0.198 e. The minimum Gasteiger partial charge on any atom is -0.295 e. The number of hydrogen-bond acceptors (Lipinski definition) is 4. The third-order valence-electron chi connectivity index (χ3n) is 8.83. The molecule has 6 aromatic rings. The molecule has 0 fully saturated rings. The van der Waals surface area contributed by atoms with Crippen LogP contribution in [0.15, 0.2) is 121 Å². The Balaban J connectivity index is 1.23. The van der Waals surface area contributed by atoms with Crippen LogP contribution in [0.1, 0.15) is 26.3 Å². The van der Waals surface area contributed by atoms with E-state index in [9.17, 15) is 9.59 Å². The normalized spacial score (nSPS) is 15.1. The number of allylic oxidation sites excluding steroid dienone is 1. The SMILES string of the molecule is C[Si]1(C)c2ccccc2N(c2ccc(C=C3C(=O)c4c(c5ccccc5c5ccccc45)C3=O)cc2)c2ncccc21. The molecule has 0 saturated heterocycles. The summed E-state index contributed by atoms with van der Waals surface area (Å²) < 4.78 is 0. The molecular formula is C37H26N2O2Si. The smallest absolute Gasteiger partial charge is 0.198 e. The van der Waals surface area contributed by atoms with Crippen LogP contribution in [0.5, 0.6) is 0 Å².